The highest BCUT2D eigenvalue weighted by molar-refractivity contribution is 5.96. The Kier molecular flexibility index (Phi) is 6.23. The molecule has 0 amide bonds. The van der Waals surface area contributed by atoms with Gasteiger partial charge in [0.25, 0.3) is 5.56 Å². The largest absolute Gasteiger partial charge is 0.487 e. The minimum absolute atomic E-state index is 0.132. The molecule has 2 heterocycles. The molecule has 0 saturated carbocycles. The highest BCUT2D eigenvalue weighted by Crippen LogP contribution is 2.20. The van der Waals surface area contributed by atoms with Gasteiger partial charge < -0.3 is 4.74 Å². The Balaban J connectivity index is 1.41. The molecule has 0 bridgehead atoms. The first-order chi connectivity index (χ1) is 15.0. The number of Topliss-reactive ketones (excluding diaryl/α,β-unsaturated/α-hetero) is 1. The molecule has 0 saturated heterocycles. The summed E-state index contributed by atoms with van der Waals surface area (Å²) in [5.74, 6) is -0.184. The summed E-state index contributed by atoms with van der Waals surface area (Å²) in [5.41, 5.74) is 3.39. The van der Waals surface area contributed by atoms with Crippen LogP contribution in [0.3, 0.4) is 0 Å². The molecular formula is C24H24FN3O3. The third-order valence-electron chi connectivity index (χ3n) is 5.52. The Bertz CT molecular complexity index is 1140. The lowest BCUT2D eigenvalue weighted by molar-refractivity contribution is 0.0965. The summed E-state index contributed by atoms with van der Waals surface area (Å²) < 4.78 is 19.6. The van der Waals surface area contributed by atoms with E-state index in [9.17, 15) is 14.0 Å². The number of carbonyl (C=O) groups is 1. The molecule has 0 fully saturated rings. The molecule has 2 aromatic carbocycles. The maximum Gasteiger partial charge on any atom is 0.270 e. The van der Waals surface area contributed by atoms with Crippen molar-refractivity contribution in [2.75, 3.05) is 13.1 Å². The van der Waals surface area contributed by atoms with Gasteiger partial charge in [-0.15, -0.1) is 0 Å². The monoisotopic (exact) mass is 421 g/mol. The summed E-state index contributed by atoms with van der Waals surface area (Å²) in [5, 5.41) is 4.07. The first kappa shape index (κ1) is 20.9. The highest BCUT2D eigenvalue weighted by atomic mass is 19.1. The lowest BCUT2D eigenvalue weighted by atomic mass is 9.96. The molecule has 0 aliphatic carbocycles. The molecule has 7 heteroatoms. The molecule has 1 aromatic heterocycles. The smallest absolute Gasteiger partial charge is 0.270 e. The third-order valence-corrected chi connectivity index (χ3v) is 5.52. The number of fused-ring (bicyclic) bond motifs is 1. The quantitative estimate of drug-likeness (QED) is 0.548. The van der Waals surface area contributed by atoms with Crippen LogP contribution in [0.1, 0.15) is 34.0 Å². The standard InChI is InChI=1S/C24H24FN3O3/c1-2-27-10-9-18-5-6-19(11-20(18)14-27)23(29)15-28-24(30)12-22(13-26-28)31-16-17-3-7-21(25)8-4-17/h3-8,11-13H,2,9-10,14-16H2,1H3. The van der Waals surface area contributed by atoms with Gasteiger partial charge in [0.2, 0.25) is 0 Å². The zero-order valence-electron chi connectivity index (χ0n) is 17.4. The molecule has 1 aliphatic rings. The summed E-state index contributed by atoms with van der Waals surface area (Å²) in [7, 11) is 0. The van der Waals surface area contributed by atoms with Crippen LogP contribution < -0.4 is 10.3 Å². The SMILES string of the molecule is CCN1CCc2ccc(C(=O)Cn3ncc(OCc4ccc(F)cc4)cc3=O)cc2C1. The fourth-order valence-electron chi connectivity index (χ4n) is 3.65. The van der Waals surface area contributed by atoms with E-state index >= 15 is 0 Å². The first-order valence-electron chi connectivity index (χ1n) is 10.3. The molecule has 0 unspecified atom stereocenters. The van der Waals surface area contributed by atoms with Crippen molar-refractivity contribution < 1.29 is 13.9 Å². The first-order valence-corrected chi connectivity index (χ1v) is 10.3. The number of hydrogen-bond acceptors (Lipinski definition) is 5. The van der Waals surface area contributed by atoms with Crippen molar-refractivity contribution in [2.24, 2.45) is 0 Å². The van der Waals surface area contributed by atoms with Gasteiger partial charge in [-0.1, -0.05) is 31.2 Å². The van der Waals surface area contributed by atoms with E-state index in [1.54, 1.807) is 12.1 Å². The van der Waals surface area contributed by atoms with Crippen LogP contribution in [0.2, 0.25) is 0 Å². The fourth-order valence-corrected chi connectivity index (χ4v) is 3.65. The number of rotatable bonds is 7. The van der Waals surface area contributed by atoms with Crippen molar-refractivity contribution in [1.29, 1.82) is 0 Å². The Labute approximate surface area is 179 Å². The van der Waals surface area contributed by atoms with Gasteiger partial charge in [0.1, 0.15) is 24.7 Å². The van der Waals surface area contributed by atoms with Crippen LogP contribution in [-0.2, 0) is 26.1 Å². The third kappa shape index (κ3) is 5.06. The molecule has 1 aliphatic heterocycles. The van der Waals surface area contributed by atoms with Crippen molar-refractivity contribution in [3.05, 3.63) is 93.2 Å². The molecule has 3 aromatic rings. The van der Waals surface area contributed by atoms with Crippen molar-refractivity contribution in [3.63, 3.8) is 0 Å². The van der Waals surface area contributed by atoms with E-state index in [2.05, 4.69) is 16.9 Å². The Morgan fingerprint density at radius 1 is 1.13 bits per heavy atom. The number of hydrogen-bond donors (Lipinski definition) is 0. The van der Waals surface area contributed by atoms with Gasteiger partial charge >= 0.3 is 0 Å². The molecule has 0 radical (unpaired) electrons. The minimum atomic E-state index is -0.417. The maximum absolute atomic E-state index is 13.0. The van der Waals surface area contributed by atoms with E-state index in [1.807, 2.05) is 18.2 Å². The normalized spacial score (nSPS) is 13.6. The van der Waals surface area contributed by atoms with Crippen LogP contribution in [0.15, 0.2) is 59.5 Å². The molecule has 0 atom stereocenters. The second-order valence-electron chi connectivity index (χ2n) is 7.63. The number of aromatic nitrogens is 2. The van der Waals surface area contributed by atoms with E-state index in [-0.39, 0.29) is 24.8 Å². The van der Waals surface area contributed by atoms with E-state index in [1.165, 1.54) is 35.5 Å². The predicted molar refractivity (Wildman–Crippen MR) is 115 cm³/mol. The van der Waals surface area contributed by atoms with Crippen LogP contribution in [0.4, 0.5) is 4.39 Å². The van der Waals surface area contributed by atoms with Gasteiger partial charge in [-0.25, -0.2) is 9.07 Å². The van der Waals surface area contributed by atoms with Crippen molar-refractivity contribution in [1.82, 2.24) is 14.7 Å². The van der Waals surface area contributed by atoms with E-state index in [0.717, 1.165) is 36.3 Å². The predicted octanol–water partition coefficient (Wildman–Crippen LogP) is 3.22. The zero-order chi connectivity index (χ0) is 21.8. The second kappa shape index (κ2) is 9.22. The molecule has 6 nitrogen and oxygen atoms in total. The molecule has 4 rings (SSSR count). The Morgan fingerprint density at radius 3 is 2.68 bits per heavy atom. The van der Waals surface area contributed by atoms with Crippen LogP contribution >= 0.6 is 0 Å². The number of ether oxygens (including phenoxy) is 1. The second-order valence-corrected chi connectivity index (χ2v) is 7.63. The summed E-state index contributed by atoms with van der Waals surface area (Å²) >= 11 is 0. The van der Waals surface area contributed by atoms with Gasteiger partial charge in [-0.05, 0) is 47.9 Å². The van der Waals surface area contributed by atoms with Crippen molar-refractivity contribution >= 4 is 5.78 Å². The lowest BCUT2D eigenvalue weighted by Crippen LogP contribution is -2.30. The van der Waals surface area contributed by atoms with Gasteiger partial charge in [-0.3, -0.25) is 14.5 Å². The Hall–Kier alpha value is -3.32. The number of benzene rings is 2. The van der Waals surface area contributed by atoms with E-state index < -0.39 is 5.56 Å². The average Bonchev–Trinajstić information content (AvgIpc) is 2.79. The van der Waals surface area contributed by atoms with Gasteiger partial charge in [0.05, 0.1) is 6.20 Å². The van der Waals surface area contributed by atoms with E-state index in [4.69, 9.17) is 4.74 Å². The lowest BCUT2D eigenvalue weighted by Gasteiger charge is -2.27. The van der Waals surface area contributed by atoms with Gasteiger partial charge in [0, 0.05) is 24.7 Å². The van der Waals surface area contributed by atoms with E-state index in [0.29, 0.717) is 11.3 Å². The van der Waals surface area contributed by atoms with Crippen LogP contribution in [0, 0.1) is 5.82 Å². The number of ketones is 1. The van der Waals surface area contributed by atoms with Crippen LogP contribution in [-0.4, -0.2) is 33.6 Å². The van der Waals surface area contributed by atoms with Crippen LogP contribution in [0.25, 0.3) is 0 Å². The maximum atomic E-state index is 13.0. The fraction of sp³-hybridized carbons (Fsp3) is 0.292. The molecule has 31 heavy (non-hydrogen) atoms. The minimum Gasteiger partial charge on any atom is -0.487 e. The average molecular weight is 421 g/mol. The Morgan fingerprint density at radius 2 is 1.94 bits per heavy atom. The topological polar surface area (TPSA) is 64.4 Å². The number of halogens is 1. The zero-order valence-corrected chi connectivity index (χ0v) is 17.4. The summed E-state index contributed by atoms with van der Waals surface area (Å²) in [4.78, 5) is 27.5. The highest BCUT2D eigenvalue weighted by Gasteiger charge is 2.17. The number of carbonyl (C=O) groups excluding carboxylic acids is 1. The van der Waals surface area contributed by atoms with Crippen molar-refractivity contribution in [3.8, 4) is 5.75 Å². The summed E-state index contributed by atoms with van der Waals surface area (Å²) in [6.07, 6.45) is 2.39. The summed E-state index contributed by atoms with van der Waals surface area (Å²) in [6, 6.07) is 13.0. The number of nitrogens with zero attached hydrogens (tertiary/aromatic N) is 3. The number of likely N-dealkylation sites (N-methyl/N-ethyl adjacent to an activating group) is 1. The van der Waals surface area contributed by atoms with Crippen LogP contribution in [0.5, 0.6) is 5.75 Å². The molecule has 0 N–H and O–H groups in total. The van der Waals surface area contributed by atoms with Gasteiger partial charge in [-0.2, -0.15) is 5.10 Å². The summed E-state index contributed by atoms with van der Waals surface area (Å²) in [6.45, 7) is 5.04. The molecular weight excluding hydrogens is 397 g/mol. The molecule has 0 spiro atoms. The molecule has 160 valence electrons. The van der Waals surface area contributed by atoms with Crippen molar-refractivity contribution in [2.45, 2.75) is 33.0 Å². The van der Waals surface area contributed by atoms with Gasteiger partial charge in [0.15, 0.2) is 5.78 Å².